The second-order valence-corrected chi connectivity index (χ2v) is 7.27. The van der Waals surface area contributed by atoms with Crippen LogP contribution in [0.5, 0.6) is 0 Å². The van der Waals surface area contributed by atoms with Crippen molar-refractivity contribution in [3.63, 3.8) is 0 Å². The van der Waals surface area contributed by atoms with Crippen LogP contribution in [0.1, 0.15) is 0 Å². The summed E-state index contributed by atoms with van der Waals surface area (Å²) < 4.78 is 170. The van der Waals surface area contributed by atoms with E-state index >= 15 is 0 Å². The average molecular weight is 581 g/mol. The molecule has 0 aliphatic carbocycles. The fraction of sp³-hybridized carbons (Fsp3) is 1.00. The van der Waals surface area contributed by atoms with Crippen LogP contribution in [0.3, 0.4) is 0 Å². The van der Waals surface area contributed by atoms with Gasteiger partial charge in [-0.15, -0.1) is 0 Å². The molecule has 0 aliphatic heterocycles. The first-order valence-corrected chi connectivity index (χ1v) is 9.22. The van der Waals surface area contributed by atoms with Crippen molar-refractivity contribution < 1.29 is 106 Å². The molecule has 0 aromatic rings. The van der Waals surface area contributed by atoms with Gasteiger partial charge in [0, 0.05) is 0 Å². The maximum Gasteiger partial charge on any atom is 2.00 e. The predicted molar refractivity (Wildman–Crippen MR) is 63.2 cm³/mol. The summed E-state index contributed by atoms with van der Waals surface area (Å²) in [6.07, 6.45) is -19.9. The van der Waals surface area contributed by atoms with Gasteiger partial charge in [0.2, 0.25) is 0 Å². The molecule has 0 saturated heterocycles. The third-order valence-electron chi connectivity index (χ3n) is 1.55. The number of alkyl halides is 12. The van der Waals surface area contributed by atoms with E-state index in [0.29, 0.717) is 0 Å². The van der Waals surface area contributed by atoms with Crippen LogP contribution in [0.4, 0.5) is 52.7 Å². The molecule has 8 nitrogen and oxygen atoms in total. The van der Waals surface area contributed by atoms with Crippen LogP contribution in [0.15, 0.2) is 0 Å². The zero-order chi connectivity index (χ0) is 24.7. The Kier molecular flexibility index (Phi) is 14.8. The molecule has 0 atom stereocenters. The number of phosphoric ester groups is 2. The first kappa shape index (κ1) is 35.5. The van der Waals surface area contributed by atoms with Crippen molar-refractivity contribution in [3.8, 4) is 0 Å². The minimum Gasteiger partial charge on any atom is -0.756 e. The molecule has 31 heavy (non-hydrogen) atoms. The fourth-order valence-electron chi connectivity index (χ4n) is 0.684. The SMILES string of the molecule is O=P([O-])(OCC(F)(F)F)OCC(F)(F)F.O=P([O-])(OCC(F)(F)F)OCC(F)(F)F.[Co+2]. The quantitative estimate of drug-likeness (QED) is 0.317. The van der Waals surface area contributed by atoms with Gasteiger partial charge in [0.1, 0.15) is 0 Å². The van der Waals surface area contributed by atoms with Crippen LogP contribution in [-0.4, -0.2) is 51.1 Å². The molecule has 0 aliphatic rings. The van der Waals surface area contributed by atoms with Crippen molar-refractivity contribution in [3.05, 3.63) is 0 Å². The fourth-order valence-corrected chi connectivity index (χ4v) is 2.05. The Hall–Kier alpha value is -0.114. The van der Waals surface area contributed by atoms with Gasteiger partial charge >= 0.3 is 41.5 Å². The Balaban J connectivity index is -0.000000490. The summed E-state index contributed by atoms with van der Waals surface area (Å²) >= 11 is 0. The van der Waals surface area contributed by atoms with Crippen LogP contribution in [0.2, 0.25) is 0 Å². The van der Waals surface area contributed by atoms with Gasteiger partial charge in [0.25, 0.3) is 15.6 Å². The Bertz CT molecular complexity index is 507. The molecule has 0 saturated carbocycles. The molecule has 1 radical (unpaired) electrons. The average Bonchev–Trinajstić information content (AvgIpc) is 2.46. The van der Waals surface area contributed by atoms with E-state index in [2.05, 4.69) is 18.1 Å². The number of rotatable bonds is 8. The second-order valence-electron chi connectivity index (χ2n) is 4.45. The summed E-state index contributed by atoms with van der Waals surface area (Å²) in [4.78, 5) is 20.6. The van der Waals surface area contributed by atoms with Gasteiger partial charge < -0.3 is 27.9 Å². The van der Waals surface area contributed by atoms with Crippen LogP contribution in [-0.2, 0) is 44.0 Å². The van der Waals surface area contributed by atoms with E-state index in [1.807, 2.05) is 0 Å². The molecule has 0 N–H and O–H groups in total. The molecule has 0 spiro atoms. The minimum absolute atomic E-state index is 0. The van der Waals surface area contributed by atoms with E-state index < -0.39 is 66.8 Å². The molecule has 23 heteroatoms. The Morgan fingerprint density at radius 2 is 0.613 bits per heavy atom. The summed E-state index contributed by atoms with van der Waals surface area (Å²) in [5.74, 6) is 0. The standard InChI is InChI=1S/2C4H5F6O4P.Co/c2*5-3(6,7)1-13-15(11,12)14-2-4(8,9)10;/h2*1-2H2,(H,11,12);/q;;+2/p-2. The first-order chi connectivity index (χ1) is 12.8. The Labute approximate surface area is 174 Å². The van der Waals surface area contributed by atoms with Gasteiger partial charge in [-0.1, -0.05) is 0 Å². The van der Waals surface area contributed by atoms with E-state index in [1.165, 1.54) is 0 Å². The van der Waals surface area contributed by atoms with Gasteiger partial charge in [-0.25, -0.2) is 0 Å². The van der Waals surface area contributed by atoms with Crippen molar-refractivity contribution in [1.29, 1.82) is 0 Å². The predicted octanol–water partition coefficient (Wildman–Crippen LogP) is 3.22. The zero-order valence-electron chi connectivity index (χ0n) is 13.9. The molecular formula is C8H8CoF12O8P2. The number of hydrogen-bond acceptors (Lipinski definition) is 8. The van der Waals surface area contributed by atoms with Crippen LogP contribution < -0.4 is 9.79 Å². The first-order valence-electron chi connectivity index (χ1n) is 6.30. The van der Waals surface area contributed by atoms with Gasteiger partial charge in [0.05, 0.1) is 0 Å². The van der Waals surface area contributed by atoms with E-state index in [9.17, 15) is 71.6 Å². The molecule has 0 fully saturated rings. The maximum atomic E-state index is 11.4. The number of phosphoric acid groups is 2. The summed E-state index contributed by atoms with van der Waals surface area (Å²) in [6.45, 7) is -8.92. The third kappa shape index (κ3) is 29.9. The molecule has 0 rings (SSSR count). The zero-order valence-corrected chi connectivity index (χ0v) is 16.7. The normalized spacial score (nSPS) is 13.9. The van der Waals surface area contributed by atoms with Crippen LogP contribution >= 0.6 is 15.6 Å². The Morgan fingerprint density at radius 3 is 0.710 bits per heavy atom. The van der Waals surface area contributed by atoms with E-state index in [4.69, 9.17) is 0 Å². The maximum absolute atomic E-state index is 11.4. The third-order valence-corrected chi connectivity index (χ3v) is 3.33. The van der Waals surface area contributed by atoms with E-state index in [0.717, 1.165) is 0 Å². The molecule has 0 bridgehead atoms. The van der Waals surface area contributed by atoms with Crippen LogP contribution in [0, 0.1) is 0 Å². The van der Waals surface area contributed by atoms with Crippen molar-refractivity contribution in [1.82, 2.24) is 0 Å². The minimum atomic E-state index is -5.58. The number of hydrogen-bond donors (Lipinski definition) is 0. The molecular weight excluding hydrogens is 573 g/mol. The van der Waals surface area contributed by atoms with Crippen LogP contribution in [0.25, 0.3) is 0 Å². The molecule has 0 amide bonds. The van der Waals surface area contributed by atoms with Crippen molar-refractivity contribution in [2.75, 3.05) is 26.4 Å². The summed E-state index contributed by atoms with van der Waals surface area (Å²) in [7, 11) is -11.2. The van der Waals surface area contributed by atoms with E-state index in [1.54, 1.807) is 0 Å². The Morgan fingerprint density at radius 1 is 0.484 bits per heavy atom. The molecule has 0 heterocycles. The summed E-state index contributed by atoms with van der Waals surface area (Å²) in [6, 6.07) is 0. The monoisotopic (exact) mass is 581 g/mol. The van der Waals surface area contributed by atoms with Crippen molar-refractivity contribution in [2.45, 2.75) is 24.7 Å². The molecule has 0 unspecified atom stereocenters. The summed E-state index contributed by atoms with van der Waals surface area (Å²) in [5.41, 5.74) is 0. The van der Waals surface area contributed by atoms with E-state index in [-0.39, 0.29) is 16.8 Å². The largest absolute Gasteiger partial charge is 2.00 e. The summed E-state index contributed by atoms with van der Waals surface area (Å²) in [5, 5.41) is 0. The van der Waals surface area contributed by atoms with Crippen molar-refractivity contribution in [2.24, 2.45) is 0 Å². The topological polar surface area (TPSA) is 117 Å². The van der Waals surface area contributed by atoms with Gasteiger partial charge in [-0.2, -0.15) is 52.7 Å². The van der Waals surface area contributed by atoms with Gasteiger partial charge in [-0.05, 0) is 0 Å². The molecule has 191 valence electrons. The van der Waals surface area contributed by atoms with Gasteiger partial charge in [-0.3, -0.25) is 9.13 Å². The van der Waals surface area contributed by atoms with Gasteiger partial charge in [0.15, 0.2) is 26.4 Å². The number of halogens is 12. The smallest absolute Gasteiger partial charge is 0.756 e. The molecule has 0 aromatic carbocycles. The van der Waals surface area contributed by atoms with Crippen molar-refractivity contribution >= 4 is 15.6 Å². The molecule has 0 aromatic heterocycles. The second kappa shape index (κ2) is 12.9.